The molecule has 8 nitrogen and oxygen atoms in total. The van der Waals surface area contributed by atoms with Crippen molar-refractivity contribution in [2.45, 2.75) is 24.8 Å². The number of nitrogens with zero attached hydrogens (tertiary/aromatic N) is 5. The van der Waals surface area contributed by atoms with Crippen molar-refractivity contribution in [1.82, 2.24) is 29.9 Å². The Hall–Kier alpha value is -2.52. The maximum Gasteiger partial charge on any atom is 0.317 e. The number of halogens is 1. The molecule has 2 fully saturated rings. The maximum absolute atomic E-state index is 13.4. The molecule has 2 aliphatic rings. The SMILES string of the molecule is Cn1cnnc1C1CCN(C(=O)NCC(c2ccc(F)cc2)N2CCOCC2)CC1. The van der Waals surface area contributed by atoms with Crippen molar-refractivity contribution in [1.29, 1.82) is 0 Å². The highest BCUT2D eigenvalue weighted by Crippen LogP contribution is 2.26. The van der Waals surface area contributed by atoms with Gasteiger partial charge in [0.05, 0.1) is 19.3 Å². The minimum atomic E-state index is -0.255. The lowest BCUT2D eigenvalue weighted by molar-refractivity contribution is 0.0164. The third-order valence-corrected chi connectivity index (χ3v) is 6.08. The van der Waals surface area contributed by atoms with Gasteiger partial charge in [-0.05, 0) is 30.5 Å². The molecule has 3 heterocycles. The van der Waals surface area contributed by atoms with Gasteiger partial charge in [0.15, 0.2) is 0 Å². The van der Waals surface area contributed by atoms with Crippen LogP contribution in [0.15, 0.2) is 30.6 Å². The minimum absolute atomic E-state index is 0.00497. The molecule has 2 aromatic rings. The molecule has 0 aliphatic carbocycles. The van der Waals surface area contributed by atoms with Gasteiger partial charge in [-0.15, -0.1) is 10.2 Å². The standard InChI is InChI=1S/C21H29FN6O2/c1-26-15-24-25-20(26)17-6-8-28(9-7-17)21(29)23-14-19(27-10-12-30-13-11-27)16-2-4-18(22)5-3-16/h2-5,15,17,19H,6-14H2,1H3,(H,23,29). The minimum Gasteiger partial charge on any atom is -0.379 e. The summed E-state index contributed by atoms with van der Waals surface area (Å²) in [4.78, 5) is 17.0. The average Bonchev–Trinajstić information content (AvgIpc) is 3.21. The summed E-state index contributed by atoms with van der Waals surface area (Å²) < 4.78 is 20.8. The topological polar surface area (TPSA) is 75.5 Å². The molecule has 2 amide bonds. The van der Waals surface area contributed by atoms with Crippen LogP contribution in [-0.2, 0) is 11.8 Å². The van der Waals surface area contributed by atoms with E-state index in [9.17, 15) is 9.18 Å². The molecule has 1 aromatic carbocycles. The van der Waals surface area contributed by atoms with Gasteiger partial charge in [-0.25, -0.2) is 9.18 Å². The number of hydrogen-bond donors (Lipinski definition) is 1. The highest BCUT2D eigenvalue weighted by molar-refractivity contribution is 5.74. The van der Waals surface area contributed by atoms with E-state index in [0.29, 0.717) is 38.8 Å². The average molecular weight is 417 g/mol. The van der Waals surface area contributed by atoms with E-state index in [1.807, 2.05) is 16.5 Å². The van der Waals surface area contributed by atoms with Gasteiger partial charge in [-0.1, -0.05) is 12.1 Å². The number of piperidine rings is 1. The summed E-state index contributed by atoms with van der Waals surface area (Å²) in [5.41, 5.74) is 1.000. The van der Waals surface area contributed by atoms with Gasteiger partial charge in [0.1, 0.15) is 18.0 Å². The molecule has 0 radical (unpaired) electrons. The van der Waals surface area contributed by atoms with E-state index >= 15 is 0 Å². The largest absolute Gasteiger partial charge is 0.379 e. The van der Waals surface area contributed by atoms with Crippen molar-refractivity contribution in [2.24, 2.45) is 7.05 Å². The van der Waals surface area contributed by atoms with E-state index in [0.717, 1.165) is 37.3 Å². The van der Waals surface area contributed by atoms with Crippen LogP contribution in [-0.4, -0.2) is 76.5 Å². The lowest BCUT2D eigenvalue weighted by atomic mass is 9.96. The fourth-order valence-corrected chi connectivity index (χ4v) is 4.33. The van der Waals surface area contributed by atoms with Gasteiger partial charge in [-0.3, -0.25) is 4.90 Å². The first-order valence-electron chi connectivity index (χ1n) is 10.6. The number of amides is 2. The van der Waals surface area contributed by atoms with E-state index < -0.39 is 0 Å². The predicted octanol–water partition coefficient (Wildman–Crippen LogP) is 1.92. The van der Waals surface area contributed by atoms with Gasteiger partial charge >= 0.3 is 6.03 Å². The molecule has 9 heteroatoms. The quantitative estimate of drug-likeness (QED) is 0.806. The third-order valence-electron chi connectivity index (χ3n) is 6.08. The monoisotopic (exact) mass is 416 g/mol. The summed E-state index contributed by atoms with van der Waals surface area (Å²) in [6, 6.07) is 6.49. The molecule has 30 heavy (non-hydrogen) atoms. The van der Waals surface area contributed by atoms with Crippen LogP contribution in [0.3, 0.4) is 0 Å². The first-order chi connectivity index (χ1) is 14.6. The van der Waals surface area contributed by atoms with E-state index in [4.69, 9.17) is 4.74 Å². The molecule has 1 unspecified atom stereocenters. The highest BCUT2D eigenvalue weighted by Gasteiger charge is 2.28. The predicted molar refractivity (Wildman–Crippen MR) is 109 cm³/mol. The number of morpholine rings is 1. The molecule has 0 bridgehead atoms. The molecular weight excluding hydrogens is 387 g/mol. The van der Waals surface area contributed by atoms with Crippen LogP contribution in [0, 0.1) is 5.82 Å². The van der Waals surface area contributed by atoms with Crippen molar-refractivity contribution in [3.05, 3.63) is 47.8 Å². The van der Waals surface area contributed by atoms with Crippen molar-refractivity contribution < 1.29 is 13.9 Å². The van der Waals surface area contributed by atoms with Gasteiger partial charge < -0.3 is 19.5 Å². The van der Waals surface area contributed by atoms with Gasteiger partial charge in [0.2, 0.25) is 0 Å². The van der Waals surface area contributed by atoms with E-state index in [-0.39, 0.29) is 17.9 Å². The molecule has 1 N–H and O–H groups in total. The maximum atomic E-state index is 13.4. The highest BCUT2D eigenvalue weighted by atomic mass is 19.1. The number of urea groups is 1. The summed E-state index contributed by atoms with van der Waals surface area (Å²) in [5.74, 6) is 1.06. The van der Waals surface area contributed by atoms with Crippen molar-refractivity contribution in [3.63, 3.8) is 0 Å². The Kier molecular flexibility index (Phi) is 6.59. The molecule has 4 rings (SSSR count). The lowest BCUT2D eigenvalue weighted by Crippen LogP contribution is -2.48. The molecule has 1 atom stereocenters. The molecule has 0 saturated carbocycles. The lowest BCUT2D eigenvalue weighted by Gasteiger charge is -2.36. The van der Waals surface area contributed by atoms with E-state index in [1.165, 1.54) is 12.1 Å². The van der Waals surface area contributed by atoms with Crippen LogP contribution in [0.5, 0.6) is 0 Å². The Morgan fingerprint density at radius 2 is 1.90 bits per heavy atom. The fourth-order valence-electron chi connectivity index (χ4n) is 4.33. The van der Waals surface area contributed by atoms with Crippen LogP contribution in [0.25, 0.3) is 0 Å². The number of carbonyl (C=O) groups excluding carboxylic acids is 1. The van der Waals surface area contributed by atoms with E-state index in [1.54, 1.807) is 18.5 Å². The molecule has 2 saturated heterocycles. The first kappa shape index (κ1) is 20.7. The number of hydrogen-bond acceptors (Lipinski definition) is 5. The van der Waals surface area contributed by atoms with Crippen LogP contribution in [0.1, 0.15) is 36.2 Å². The number of aryl methyl sites for hydroxylation is 1. The first-order valence-corrected chi connectivity index (χ1v) is 10.6. The number of carbonyl (C=O) groups is 1. The van der Waals surface area contributed by atoms with Gasteiger partial charge in [0.25, 0.3) is 0 Å². The Labute approximate surface area is 176 Å². The van der Waals surface area contributed by atoms with Crippen LogP contribution in [0.4, 0.5) is 9.18 Å². The van der Waals surface area contributed by atoms with Gasteiger partial charge in [-0.2, -0.15) is 0 Å². The number of rotatable bonds is 5. The molecule has 0 spiro atoms. The van der Waals surface area contributed by atoms with E-state index in [2.05, 4.69) is 20.4 Å². The molecule has 2 aliphatic heterocycles. The Morgan fingerprint density at radius 3 is 2.53 bits per heavy atom. The molecule has 162 valence electrons. The second-order valence-electron chi connectivity index (χ2n) is 7.96. The van der Waals surface area contributed by atoms with Crippen LogP contribution >= 0.6 is 0 Å². The molecule has 1 aromatic heterocycles. The second kappa shape index (κ2) is 9.53. The smallest absolute Gasteiger partial charge is 0.317 e. The van der Waals surface area contributed by atoms with Gasteiger partial charge in [0, 0.05) is 45.7 Å². The van der Waals surface area contributed by atoms with Crippen molar-refractivity contribution in [2.75, 3.05) is 45.9 Å². The summed E-state index contributed by atoms with van der Waals surface area (Å²) in [7, 11) is 1.95. The number of benzene rings is 1. The Morgan fingerprint density at radius 1 is 1.20 bits per heavy atom. The number of likely N-dealkylation sites (tertiary alicyclic amines) is 1. The Bertz CT molecular complexity index is 828. The number of nitrogens with one attached hydrogen (secondary N) is 1. The number of aromatic nitrogens is 3. The molecular formula is C21H29FN6O2. The fraction of sp³-hybridized carbons (Fsp3) is 0.571. The zero-order valence-electron chi connectivity index (χ0n) is 17.3. The zero-order valence-corrected chi connectivity index (χ0v) is 17.3. The van der Waals surface area contributed by atoms with Crippen LogP contribution < -0.4 is 5.32 Å². The zero-order chi connectivity index (χ0) is 20.9. The summed E-state index contributed by atoms with van der Waals surface area (Å²) in [5, 5.41) is 11.3. The second-order valence-corrected chi connectivity index (χ2v) is 7.96. The Balaban J connectivity index is 1.34. The van der Waals surface area contributed by atoms with Crippen molar-refractivity contribution in [3.8, 4) is 0 Å². The third kappa shape index (κ3) is 4.79. The van der Waals surface area contributed by atoms with Crippen molar-refractivity contribution >= 4 is 6.03 Å². The summed E-state index contributed by atoms with van der Waals surface area (Å²) in [6.07, 6.45) is 3.48. The normalized spacial score (nSPS) is 19.6. The summed E-state index contributed by atoms with van der Waals surface area (Å²) >= 11 is 0. The number of ether oxygens (including phenoxy) is 1. The summed E-state index contributed by atoms with van der Waals surface area (Å²) in [6.45, 7) is 4.79. The van der Waals surface area contributed by atoms with Crippen LogP contribution in [0.2, 0.25) is 0 Å².